The quantitative estimate of drug-likeness (QED) is 0.729. The number of halogens is 4. The van der Waals surface area contributed by atoms with Crippen molar-refractivity contribution in [3.8, 4) is 0 Å². The second kappa shape index (κ2) is 8.55. The van der Waals surface area contributed by atoms with Crippen molar-refractivity contribution < 1.29 is 13.6 Å². The van der Waals surface area contributed by atoms with E-state index in [1.54, 1.807) is 30.1 Å². The van der Waals surface area contributed by atoms with Gasteiger partial charge in [-0.2, -0.15) is 0 Å². The van der Waals surface area contributed by atoms with Crippen LogP contribution in [0.4, 0.5) is 14.5 Å². The molecule has 0 saturated carbocycles. The van der Waals surface area contributed by atoms with Crippen molar-refractivity contribution in [3.05, 3.63) is 63.1 Å². The Morgan fingerprint density at radius 3 is 2.67 bits per heavy atom. The maximum Gasteiger partial charge on any atom is 0.225 e. The molecule has 0 heterocycles. The lowest BCUT2D eigenvalue weighted by Gasteiger charge is -2.17. The van der Waals surface area contributed by atoms with Gasteiger partial charge in [0.1, 0.15) is 11.6 Å². The second-order valence-electron chi connectivity index (χ2n) is 5.36. The predicted octanol–water partition coefficient (Wildman–Crippen LogP) is 4.84. The van der Waals surface area contributed by atoms with E-state index in [0.29, 0.717) is 21.6 Å². The molecule has 0 aromatic heterocycles. The highest BCUT2D eigenvalue weighted by Crippen LogP contribution is 2.21. The van der Waals surface area contributed by atoms with E-state index in [1.807, 2.05) is 0 Å². The second-order valence-corrected chi connectivity index (χ2v) is 6.68. The molecule has 2 rings (SSSR count). The molecule has 24 heavy (non-hydrogen) atoms. The third-order valence-corrected chi connectivity index (χ3v) is 4.26. The van der Waals surface area contributed by atoms with Gasteiger partial charge in [0, 0.05) is 34.6 Å². The van der Waals surface area contributed by atoms with Gasteiger partial charge in [-0.25, -0.2) is 8.78 Å². The first-order valence-electron chi connectivity index (χ1n) is 7.23. The Bertz CT molecular complexity index is 722. The minimum atomic E-state index is -0.510. The number of amides is 1. The number of hydrogen-bond acceptors (Lipinski definition) is 2. The number of carbonyl (C=O) groups excluding carboxylic acids is 1. The van der Waals surface area contributed by atoms with E-state index >= 15 is 0 Å². The summed E-state index contributed by atoms with van der Waals surface area (Å²) >= 11 is 9.14. The maximum absolute atomic E-state index is 13.7. The summed E-state index contributed by atoms with van der Waals surface area (Å²) in [7, 11) is 1.76. The minimum absolute atomic E-state index is 0.128. The van der Waals surface area contributed by atoms with E-state index in [1.165, 1.54) is 18.2 Å². The van der Waals surface area contributed by atoms with Gasteiger partial charge in [-0.05, 0) is 37.4 Å². The summed E-state index contributed by atoms with van der Waals surface area (Å²) in [6.07, 6.45) is 0.151. The van der Waals surface area contributed by atoms with Gasteiger partial charge in [-0.1, -0.05) is 33.6 Å². The molecule has 0 bridgehead atoms. The molecule has 7 heteroatoms. The number of carbonyl (C=O) groups is 1. The van der Waals surface area contributed by atoms with Crippen molar-refractivity contribution in [3.63, 3.8) is 0 Å². The first kappa shape index (κ1) is 18.8. The summed E-state index contributed by atoms with van der Waals surface area (Å²) in [6.45, 7) is 0.667. The van der Waals surface area contributed by atoms with Crippen LogP contribution in [0.2, 0.25) is 5.02 Å². The molecule has 1 amide bonds. The molecule has 128 valence electrons. The summed E-state index contributed by atoms with van der Waals surface area (Å²) in [4.78, 5) is 13.7. The minimum Gasteiger partial charge on any atom is -0.324 e. The molecule has 2 aromatic carbocycles. The van der Waals surface area contributed by atoms with E-state index < -0.39 is 5.82 Å². The van der Waals surface area contributed by atoms with Crippen molar-refractivity contribution >= 4 is 39.1 Å². The van der Waals surface area contributed by atoms with Gasteiger partial charge in [0.2, 0.25) is 5.91 Å². The van der Waals surface area contributed by atoms with Crippen LogP contribution in [0.15, 0.2) is 40.9 Å². The zero-order valence-corrected chi connectivity index (χ0v) is 15.3. The van der Waals surface area contributed by atoms with Crippen LogP contribution in [0.1, 0.15) is 12.0 Å². The summed E-state index contributed by atoms with van der Waals surface area (Å²) in [5, 5.41) is 2.87. The van der Waals surface area contributed by atoms with Gasteiger partial charge in [0.15, 0.2) is 0 Å². The average molecular weight is 418 g/mol. The Labute approximate surface area is 152 Å². The molecule has 0 aliphatic heterocycles. The molecule has 0 saturated heterocycles. The molecule has 0 aliphatic rings. The summed E-state index contributed by atoms with van der Waals surface area (Å²) in [5.41, 5.74) is 0.518. The fraction of sp³-hybridized carbons (Fsp3) is 0.235. The Kier molecular flexibility index (Phi) is 6.71. The van der Waals surface area contributed by atoms with E-state index in [2.05, 4.69) is 21.2 Å². The normalized spacial score (nSPS) is 10.9. The Morgan fingerprint density at radius 2 is 2.00 bits per heavy atom. The Balaban J connectivity index is 1.87. The molecule has 0 unspecified atom stereocenters. The lowest BCUT2D eigenvalue weighted by Crippen LogP contribution is -2.24. The van der Waals surface area contributed by atoms with E-state index in [4.69, 9.17) is 11.6 Å². The lowest BCUT2D eigenvalue weighted by molar-refractivity contribution is -0.116. The average Bonchev–Trinajstić information content (AvgIpc) is 2.52. The van der Waals surface area contributed by atoms with Crippen molar-refractivity contribution in [1.29, 1.82) is 0 Å². The molecule has 0 spiro atoms. The molecule has 0 radical (unpaired) electrons. The molecule has 3 nitrogen and oxygen atoms in total. The highest BCUT2D eigenvalue weighted by Gasteiger charge is 2.12. The number of benzene rings is 2. The molecule has 2 aromatic rings. The van der Waals surface area contributed by atoms with Crippen LogP contribution in [0, 0.1) is 11.6 Å². The Hall–Kier alpha value is -1.50. The third kappa shape index (κ3) is 5.26. The first-order valence-corrected chi connectivity index (χ1v) is 8.40. The van der Waals surface area contributed by atoms with E-state index in [0.717, 1.165) is 0 Å². The van der Waals surface area contributed by atoms with Crippen LogP contribution >= 0.6 is 27.5 Å². The molecule has 0 fully saturated rings. The third-order valence-electron chi connectivity index (χ3n) is 3.42. The smallest absolute Gasteiger partial charge is 0.225 e. The molecular formula is C17H16BrClF2N2O. The highest BCUT2D eigenvalue weighted by molar-refractivity contribution is 9.10. The number of rotatable bonds is 6. The number of nitrogens with one attached hydrogen (secondary N) is 1. The van der Waals surface area contributed by atoms with Gasteiger partial charge < -0.3 is 10.2 Å². The monoisotopic (exact) mass is 416 g/mol. The molecular weight excluding hydrogens is 402 g/mol. The number of nitrogens with zero attached hydrogens (tertiary/aromatic N) is 1. The van der Waals surface area contributed by atoms with Crippen LogP contribution < -0.4 is 5.32 Å². The van der Waals surface area contributed by atoms with Gasteiger partial charge in [-0.15, -0.1) is 0 Å². The SMILES string of the molecule is CN(CCC(=O)Nc1ccc(Br)cc1F)Cc1c(F)cccc1Cl. The van der Waals surface area contributed by atoms with E-state index in [9.17, 15) is 13.6 Å². The fourth-order valence-electron chi connectivity index (χ4n) is 2.13. The predicted molar refractivity (Wildman–Crippen MR) is 95.1 cm³/mol. The van der Waals surface area contributed by atoms with Gasteiger partial charge in [-0.3, -0.25) is 4.79 Å². The summed E-state index contributed by atoms with van der Waals surface area (Å²) < 4.78 is 28.0. The lowest BCUT2D eigenvalue weighted by atomic mass is 10.2. The standard InChI is InChI=1S/C17H16BrClF2N2O/c1-23(10-12-13(19)3-2-4-14(12)20)8-7-17(24)22-16-6-5-11(18)9-15(16)21/h2-6,9H,7-8,10H2,1H3,(H,22,24). The van der Waals surface area contributed by atoms with Gasteiger partial charge >= 0.3 is 0 Å². The van der Waals surface area contributed by atoms with Gasteiger partial charge in [0.05, 0.1) is 5.69 Å². The molecule has 0 atom stereocenters. The molecule has 0 aliphatic carbocycles. The highest BCUT2D eigenvalue weighted by atomic mass is 79.9. The van der Waals surface area contributed by atoms with Crippen LogP contribution in [0.3, 0.4) is 0 Å². The topological polar surface area (TPSA) is 32.3 Å². The van der Waals surface area contributed by atoms with Crippen LogP contribution in [0.25, 0.3) is 0 Å². The number of anilines is 1. The van der Waals surface area contributed by atoms with Crippen LogP contribution in [-0.4, -0.2) is 24.4 Å². The molecule has 1 N–H and O–H groups in total. The van der Waals surface area contributed by atoms with Crippen molar-refractivity contribution in [2.45, 2.75) is 13.0 Å². The largest absolute Gasteiger partial charge is 0.324 e. The Morgan fingerprint density at radius 1 is 1.25 bits per heavy atom. The maximum atomic E-state index is 13.7. The zero-order valence-electron chi connectivity index (χ0n) is 13.0. The summed E-state index contributed by atoms with van der Waals surface area (Å²) in [6, 6.07) is 8.92. The van der Waals surface area contributed by atoms with Crippen LogP contribution in [-0.2, 0) is 11.3 Å². The van der Waals surface area contributed by atoms with Crippen molar-refractivity contribution in [1.82, 2.24) is 4.90 Å². The van der Waals surface area contributed by atoms with Crippen molar-refractivity contribution in [2.75, 3.05) is 18.9 Å². The summed E-state index contributed by atoms with van der Waals surface area (Å²) in [5.74, 6) is -1.21. The van der Waals surface area contributed by atoms with Crippen molar-refractivity contribution in [2.24, 2.45) is 0 Å². The first-order chi connectivity index (χ1) is 11.4. The van der Waals surface area contributed by atoms with E-state index in [-0.39, 0.29) is 30.4 Å². The van der Waals surface area contributed by atoms with Gasteiger partial charge in [0.25, 0.3) is 0 Å². The van der Waals surface area contributed by atoms with Crippen LogP contribution in [0.5, 0.6) is 0 Å². The number of hydrogen-bond donors (Lipinski definition) is 1. The zero-order chi connectivity index (χ0) is 17.7. The fourth-order valence-corrected chi connectivity index (χ4v) is 2.68.